The molecule has 1 aromatic heterocycles. The van der Waals surface area contributed by atoms with Crippen LogP contribution in [0.2, 0.25) is 0 Å². The van der Waals surface area contributed by atoms with Crippen LogP contribution in [0.5, 0.6) is 0 Å². The second kappa shape index (κ2) is 6.32. The van der Waals surface area contributed by atoms with E-state index in [1.54, 1.807) is 0 Å². The Morgan fingerprint density at radius 1 is 1.19 bits per heavy atom. The van der Waals surface area contributed by atoms with E-state index in [2.05, 4.69) is 33.0 Å². The number of tetrazole rings is 1. The third kappa shape index (κ3) is 3.09. The highest BCUT2D eigenvalue weighted by molar-refractivity contribution is 5.65. The van der Waals surface area contributed by atoms with Gasteiger partial charge in [0, 0.05) is 12.5 Å². The Labute approximate surface area is 158 Å². The minimum absolute atomic E-state index is 0.132. The first kappa shape index (κ1) is 16.7. The SMILES string of the molecule is O=C(O)NC1C2CC3CC1CC(Cc1nnnn1Cc1ccccc1)(C3)C2. The summed E-state index contributed by atoms with van der Waals surface area (Å²) in [6.07, 6.45) is 5.75. The maximum absolute atomic E-state index is 11.2. The molecule has 1 aromatic carbocycles. The van der Waals surface area contributed by atoms with E-state index in [9.17, 15) is 9.90 Å². The normalized spacial score (nSPS) is 33.9. The van der Waals surface area contributed by atoms with Gasteiger partial charge < -0.3 is 10.4 Å². The van der Waals surface area contributed by atoms with Crippen molar-refractivity contribution in [2.75, 3.05) is 0 Å². The van der Waals surface area contributed by atoms with E-state index in [1.165, 1.54) is 12.0 Å². The van der Waals surface area contributed by atoms with Crippen LogP contribution < -0.4 is 5.32 Å². The van der Waals surface area contributed by atoms with Gasteiger partial charge in [0.1, 0.15) is 0 Å². The van der Waals surface area contributed by atoms with Crippen LogP contribution in [0.25, 0.3) is 0 Å². The summed E-state index contributed by atoms with van der Waals surface area (Å²) in [7, 11) is 0. The maximum Gasteiger partial charge on any atom is 0.404 e. The Bertz CT molecular complexity index is 820. The quantitative estimate of drug-likeness (QED) is 0.848. The van der Waals surface area contributed by atoms with Gasteiger partial charge >= 0.3 is 6.09 Å². The molecule has 142 valence electrons. The van der Waals surface area contributed by atoms with Crippen LogP contribution in [0.1, 0.15) is 43.5 Å². The van der Waals surface area contributed by atoms with Crippen molar-refractivity contribution >= 4 is 6.09 Å². The molecule has 27 heavy (non-hydrogen) atoms. The Morgan fingerprint density at radius 3 is 2.63 bits per heavy atom. The van der Waals surface area contributed by atoms with Crippen molar-refractivity contribution in [2.24, 2.45) is 23.2 Å². The first-order valence-electron chi connectivity index (χ1n) is 9.89. The molecule has 2 aromatic rings. The van der Waals surface area contributed by atoms with Gasteiger partial charge in [0.2, 0.25) is 0 Å². The number of carbonyl (C=O) groups is 1. The summed E-state index contributed by atoms with van der Waals surface area (Å²) >= 11 is 0. The molecule has 7 nitrogen and oxygen atoms in total. The third-order valence-corrected chi connectivity index (χ3v) is 7.00. The summed E-state index contributed by atoms with van der Waals surface area (Å²) < 4.78 is 1.93. The Kier molecular flexibility index (Phi) is 3.91. The number of nitrogens with one attached hydrogen (secondary N) is 1. The predicted octanol–water partition coefficient (Wildman–Crippen LogP) is 2.73. The third-order valence-electron chi connectivity index (χ3n) is 7.00. The van der Waals surface area contributed by atoms with E-state index in [1.807, 2.05) is 22.9 Å². The zero-order valence-corrected chi connectivity index (χ0v) is 15.3. The summed E-state index contributed by atoms with van der Waals surface area (Å²) in [4.78, 5) is 11.2. The van der Waals surface area contributed by atoms with Gasteiger partial charge in [-0.1, -0.05) is 30.3 Å². The number of rotatable bonds is 5. The number of hydrogen-bond donors (Lipinski definition) is 2. The van der Waals surface area contributed by atoms with E-state index in [4.69, 9.17) is 0 Å². The standard InChI is InChI=1S/C20H25N5O2/c26-19(27)21-18-15-6-14-7-16(18)10-20(8-14,9-15)11-17-22-23-24-25(17)12-13-4-2-1-3-5-13/h1-5,14-16,18,21H,6-12H2,(H,26,27). The van der Waals surface area contributed by atoms with E-state index in [0.717, 1.165) is 43.8 Å². The van der Waals surface area contributed by atoms with Crippen molar-refractivity contribution in [2.45, 2.75) is 51.1 Å². The van der Waals surface area contributed by atoms with E-state index >= 15 is 0 Å². The predicted molar refractivity (Wildman–Crippen MR) is 98.0 cm³/mol. The molecule has 6 rings (SSSR count). The second-order valence-electron chi connectivity index (χ2n) is 8.86. The molecule has 4 saturated carbocycles. The topological polar surface area (TPSA) is 92.9 Å². The summed E-state index contributed by atoms with van der Waals surface area (Å²) in [5.41, 5.74) is 1.43. The lowest BCUT2D eigenvalue weighted by Crippen LogP contribution is -2.59. The average Bonchev–Trinajstić information content (AvgIpc) is 3.04. The minimum atomic E-state index is -0.881. The number of amides is 1. The van der Waals surface area contributed by atoms with Crippen LogP contribution in [0.3, 0.4) is 0 Å². The van der Waals surface area contributed by atoms with Gasteiger partial charge in [-0.25, -0.2) is 9.48 Å². The largest absolute Gasteiger partial charge is 0.465 e. The van der Waals surface area contributed by atoms with Crippen LogP contribution >= 0.6 is 0 Å². The van der Waals surface area contributed by atoms with Gasteiger partial charge in [-0.3, -0.25) is 0 Å². The molecule has 0 aliphatic heterocycles. The second-order valence-corrected chi connectivity index (χ2v) is 8.86. The van der Waals surface area contributed by atoms with Crippen LogP contribution in [0, 0.1) is 23.2 Å². The molecule has 4 aliphatic carbocycles. The van der Waals surface area contributed by atoms with Gasteiger partial charge in [0.25, 0.3) is 0 Å². The Morgan fingerprint density at radius 2 is 1.93 bits per heavy atom. The Hall–Kier alpha value is -2.44. The summed E-state index contributed by atoms with van der Waals surface area (Å²) in [6, 6.07) is 10.4. The smallest absolute Gasteiger partial charge is 0.404 e. The molecule has 2 atom stereocenters. The zero-order valence-electron chi connectivity index (χ0n) is 15.3. The molecule has 7 heteroatoms. The van der Waals surface area contributed by atoms with Gasteiger partial charge in [-0.05, 0) is 71.3 Å². The van der Waals surface area contributed by atoms with Gasteiger partial charge in [-0.15, -0.1) is 5.10 Å². The average molecular weight is 367 g/mol. The molecule has 1 amide bonds. The first-order valence-corrected chi connectivity index (χ1v) is 9.89. The molecular weight excluding hydrogens is 342 g/mol. The van der Waals surface area contributed by atoms with Crippen LogP contribution in [0.4, 0.5) is 4.79 Å². The number of aromatic nitrogens is 4. The van der Waals surface area contributed by atoms with Crippen molar-refractivity contribution in [3.8, 4) is 0 Å². The molecule has 2 N–H and O–H groups in total. The zero-order chi connectivity index (χ0) is 18.4. The van der Waals surface area contributed by atoms with Crippen molar-refractivity contribution in [3.05, 3.63) is 41.7 Å². The lowest BCUT2D eigenvalue weighted by Gasteiger charge is -2.60. The molecule has 4 aliphatic rings. The lowest BCUT2D eigenvalue weighted by atomic mass is 9.47. The number of benzene rings is 1. The molecule has 0 radical (unpaired) electrons. The highest BCUT2D eigenvalue weighted by Crippen LogP contribution is 2.61. The molecule has 4 bridgehead atoms. The van der Waals surface area contributed by atoms with E-state index in [-0.39, 0.29) is 11.5 Å². The van der Waals surface area contributed by atoms with Crippen LogP contribution in [-0.2, 0) is 13.0 Å². The molecule has 1 heterocycles. The van der Waals surface area contributed by atoms with Gasteiger partial charge in [0.15, 0.2) is 5.82 Å². The van der Waals surface area contributed by atoms with Crippen molar-refractivity contribution in [3.63, 3.8) is 0 Å². The highest BCUT2D eigenvalue weighted by Gasteiger charge is 2.55. The molecule has 0 spiro atoms. The Balaban J connectivity index is 1.35. The van der Waals surface area contributed by atoms with E-state index < -0.39 is 6.09 Å². The number of hydrogen-bond acceptors (Lipinski definition) is 4. The van der Waals surface area contributed by atoms with E-state index in [0.29, 0.717) is 18.4 Å². The molecule has 0 saturated heterocycles. The molecule has 2 unspecified atom stereocenters. The molecule has 4 fully saturated rings. The van der Waals surface area contributed by atoms with Crippen molar-refractivity contribution in [1.29, 1.82) is 0 Å². The highest BCUT2D eigenvalue weighted by atomic mass is 16.4. The van der Waals surface area contributed by atoms with Gasteiger partial charge in [-0.2, -0.15) is 0 Å². The van der Waals surface area contributed by atoms with Crippen LogP contribution in [0.15, 0.2) is 30.3 Å². The maximum atomic E-state index is 11.2. The van der Waals surface area contributed by atoms with Crippen molar-refractivity contribution in [1.82, 2.24) is 25.5 Å². The summed E-state index contributed by atoms with van der Waals surface area (Å²) in [5, 5.41) is 24.5. The molecular formula is C20H25N5O2. The van der Waals surface area contributed by atoms with Crippen molar-refractivity contribution < 1.29 is 9.90 Å². The number of nitrogens with zero attached hydrogens (tertiary/aromatic N) is 4. The monoisotopic (exact) mass is 367 g/mol. The first-order chi connectivity index (χ1) is 13.1. The minimum Gasteiger partial charge on any atom is -0.465 e. The fourth-order valence-electron chi connectivity index (χ4n) is 6.35. The fraction of sp³-hybridized carbons (Fsp3) is 0.600. The lowest BCUT2D eigenvalue weighted by molar-refractivity contribution is -0.0753. The van der Waals surface area contributed by atoms with Crippen LogP contribution in [-0.4, -0.2) is 37.4 Å². The van der Waals surface area contributed by atoms with Gasteiger partial charge in [0.05, 0.1) is 6.54 Å². The fourth-order valence-corrected chi connectivity index (χ4v) is 6.35. The number of carboxylic acid groups (broad SMARTS) is 1. The summed E-state index contributed by atoms with van der Waals surface area (Å²) in [5.74, 6) is 2.62. The summed E-state index contributed by atoms with van der Waals surface area (Å²) in [6.45, 7) is 0.693.